The van der Waals surface area contributed by atoms with Crippen molar-refractivity contribution in [2.45, 2.75) is 57.8 Å². The molecule has 3 aliphatic rings. The molecule has 0 fully saturated rings. The molecular formula is C125H86N8. The highest BCUT2D eigenvalue weighted by Gasteiger charge is 2.40. The molecule has 0 saturated heterocycles. The molecule has 0 unspecified atom stereocenters. The topological polar surface area (TPSA) is 70.8 Å². The molecule has 26 aromatic rings. The summed E-state index contributed by atoms with van der Waals surface area (Å²) in [5, 5.41) is 18.9. The SMILES string of the molecule is CC1(C)c2ccccc2-c2c3c1cccc3cc1c2c2ccccc2n1-c1cc(-c2ccc(-c3ccccc3)cc2)c2ccccc2n1.CC1(C)c2ccccc2-c2c3c1cccc3cc1c2c2ccccc2n1-c1ccc(-c2cccc3cccnc23)cc1.CC1(C)c2ccccc2-c2c3c1cccc3cc1c2c2ccccc2n1-c1nc2ccccc2c2nc3ccccc3n12. The lowest BCUT2D eigenvalue weighted by Gasteiger charge is -2.35. The summed E-state index contributed by atoms with van der Waals surface area (Å²) in [7, 11) is 0. The fourth-order valence-electron chi connectivity index (χ4n) is 23.6. The summed E-state index contributed by atoms with van der Waals surface area (Å²) in [4.78, 5) is 20.6. The van der Waals surface area contributed by atoms with E-state index < -0.39 is 0 Å². The number of hydrogen-bond donors (Lipinski definition) is 0. The van der Waals surface area contributed by atoms with Gasteiger partial charge in [-0.1, -0.05) is 357 Å². The van der Waals surface area contributed by atoms with Crippen molar-refractivity contribution in [3.63, 3.8) is 0 Å². The Hall–Kier alpha value is -16.7. The first kappa shape index (κ1) is 76.4. The van der Waals surface area contributed by atoms with Crippen molar-refractivity contribution < 1.29 is 0 Å². The minimum Gasteiger partial charge on any atom is -0.309 e. The Bertz CT molecular complexity index is 9480. The molecule has 3 aliphatic carbocycles. The monoisotopic (exact) mass is 1700 g/mol. The number of rotatable bonds is 6. The van der Waals surface area contributed by atoms with E-state index in [0.717, 1.165) is 89.0 Å². The summed E-state index contributed by atoms with van der Waals surface area (Å²) in [6.45, 7) is 14.2. The van der Waals surface area contributed by atoms with Crippen molar-refractivity contribution in [2.24, 2.45) is 0 Å². The molecule has 0 radical (unpaired) electrons. The first-order valence-electron chi connectivity index (χ1n) is 46.2. The van der Waals surface area contributed by atoms with Gasteiger partial charge in [0, 0.05) is 98.9 Å². The third-order valence-electron chi connectivity index (χ3n) is 29.7. The van der Waals surface area contributed by atoms with Gasteiger partial charge in [-0.15, -0.1) is 0 Å². The molecule has 7 aromatic heterocycles. The first-order chi connectivity index (χ1) is 65.3. The van der Waals surface area contributed by atoms with Gasteiger partial charge in [-0.2, -0.15) is 0 Å². The number of hydrogen-bond acceptors (Lipinski definition) is 4. The van der Waals surface area contributed by atoms with Crippen LogP contribution >= 0.6 is 0 Å². The fraction of sp³-hybridized carbons (Fsp3) is 0.0720. The molecule has 0 saturated carbocycles. The van der Waals surface area contributed by atoms with E-state index in [0.29, 0.717) is 0 Å². The number of nitrogens with zero attached hydrogens (tertiary/aromatic N) is 8. The lowest BCUT2D eigenvalue weighted by molar-refractivity contribution is 0.645. The number of imidazole rings is 1. The zero-order valence-corrected chi connectivity index (χ0v) is 74.3. The lowest BCUT2D eigenvalue weighted by Crippen LogP contribution is -2.23. The third-order valence-corrected chi connectivity index (χ3v) is 29.7. The number of fused-ring (bicyclic) bond motifs is 25. The van der Waals surface area contributed by atoms with Crippen molar-refractivity contribution in [2.75, 3.05) is 0 Å². The van der Waals surface area contributed by atoms with E-state index in [1.807, 2.05) is 12.3 Å². The maximum absolute atomic E-state index is 5.39. The highest BCUT2D eigenvalue weighted by molar-refractivity contribution is 6.28. The molecule has 29 rings (SSSR count). The summed E-state index contributed by atoms with van der Waals surface area (Å²) in [5.74, 6) is 1.77. The molecule has 0 atom stereocenters. The Labute approximate surface area is 767 Å². The molecule has 0 spiro atoms. The summed E-state index contributed by atoms with van der Waals surface area (Å²) in [6, 6.07) is 148. The number of pyridine rings is 2. The lowest BCUT2D eigenvalue weighted by atomic mass is 9.68. The van der Waals surface area contributed by atoms with E-state index in [1.54, 1.807) is 0 Å². The Morgan fingerprint density at radius 1 is 0.226 bits per heavy atom. The zero-order chi connectivity index (χ0) is 88.4. The maximum Gasteiger partial charge on any atom is 0.221 e. The van der Waals surface area contributed by atoms with Gasteiger partial charge in [0.1, 0.15) is 11.5 Å². The van der Waals surface area contributed by atoms with Crippen molar-refractivity contribution in [3.05, 3.63) is 446 Å². The smallest absolute Gasteiger partial charge is 0.221 e. The highest BCUT2D eigenvalue weighted by atomic mass is 15.2. The molecule has 8 heteroatoms. The van der Waals surface area contributed by atoms with E-state index in [9.17, 15) is 0 Å². The van der Waals surface area contributed by atoms with Crippen LogP contribution in [-0.2, 0) is 16.2 Å². The molecule has 0 bridgehead atoms. The van der Waals surface area contributed by atoms with Gasteiger partial charge in [-0.05, 0) is 201 Å². The highest BCUT2D eigenvalue weighted by Crippen LogP contribution is 2.58. The average molecular weight is 1700 g/mol. The molecule has 0 amide bonds. The first-order valence-corrected chi connectivity index (χ1v) is 46.2. The van der Waals surface area contributed by atoms with E-state index in [-0.39, 0.29) is 16.2 Å². The van der Waals surface area contributed by atoms with Gasteiger partial charge in [0.15, 0.2) is 0 Å². The van der Waals surface area contributed by atoms with Crippen molar-refractivity contribution in [3.8, 4) is 84.2 Å². The summed E-state index contributed by atoms with van der Waals surface area (Å²) < 4.78 is 9.45. The molecule has 7 heterocycles. The standard InChI is InChI=1S/C46H32N2.C40H28N2.C39H26N4/c1-46(2)37-19-9-6-17-34(37)45-43-32(15-12-20-38(43)46)27-41-44(45)35-18-8-11-22-40(35)48(41)42-28-36(33-16-7-10-21-39(33)47-42)31-25-23-30(24-26-31)29-13-4-3-5-14-29;1-40(2)32-16-5-3-13-30(32)38-36-27(11-8-17-33(36)40)24-35-37(38)31-14-4-6-18-34(31)42(35)28-21-19-25(20-22-28)29-15-7-10-26-12-9-23-41-39(26)29;1-39(2)27-16-6-3-13-24(27)36-34-23(12-11-17-28(34)39)22-33-35(36)26-15-5-9-20-31(26)42(33)38-41-29-18-7-4-14-25(29)37-40-30-19-8-10-21-32(30)43(37)38/h3-28H,1-2H3;3-24H,1-2H3;3-22H,1-2H3. The van der Waals surface area contributed by atoms with Crippen LogP contribution in [0.5, 0.6) is 0 Å². The van der Waals surface area contributed by atoms with Gasteiger partial charge in [-0.25, -0.2) is 15.0 Å². The van der Waals surface area contributed by atoms with E-state index >= 15 is 0 Å². The van der Waals surface area contributed by atoms with E-state index in [1.165, 1.54) is 176 Å². The molecular weight excluding hydrogens is 1610 g/mol. The van der Waals surface area contributed by atoms with Gasteiger partial charge in [0.05, 0.1) is 60.7 Å². The molecule has 133 heavy (non-hydrogen) atoms. The minimum atomic E-state index is -0.100. The van der Waals surface area contributed by atoms with Gasteiger partial charge in [0.25, 0.3) is 0 Å². The second-order valence-electron chi connectivity index (χ2n) is 37.8. The number of benzene rings is 19. The van der Waals surface area contributed by atoms with Crippen LogP contribution in [0.1, 0.15) is 74.9 Å². The van der Waals surface area contributed by atoms with Crippen LogP contribution in [0, 0.1) is 0 Å². The number of para-hydroxylation sites is 8. The Kier molecular flexibility index (Phi) is 16.5. The molecule has 626 valence electrons. The summed E-state index contributed by atoms with van der Waals surface area (Å²) in [6.07, 6.45) is 1.87. The molecule has 19 aromatic carbocycles. The average Bonchev–Trinajstić information content (AvgIpc) is 1.58. The minimum absolute atomic E-state index is 0.0680. The van der Waals surface area contributed by atoms with Gasteiger partial charge < -0.3 is 4.57 Å². The quantitative estimate of drug-likeness (QED) is 0.166. The van der Waals surface area contributed by atoms with Gasteiger partial charge in [-0.3, -0.25) is 18.5 Å². The largest absolute Gasteiger partial charge is 0.309 e. The fourth-order valence-corrected chi connectivity index (χ4v) is 23.6. The predicted octanol–water partition coefficient (Wildman–Crippen LogP) is 32.2. The predicted molar refractivity (Wildman–Crippen MR) is 556 cm³/mol. The number of aromatic nitrogens is 8. The van der Waals surface area contributed by atoms with Crippen LogP contribution in [0.2, 0.25) is 0 Å². The maximum atomic E-state index is 5.39. The Morgan fingerprint density at radius 3 is 1.15 bits per heavy atom. The van der Waals surface area contributed by atoms with Gasteiger partial charge >= 0.3 is 0 Å². The molecule has 8 nitrogen and oxygen atoms in total. The Balaban J connectivity index is 0.000000102. The van der Waals surface area contributed by atoms with Gasteiger partial charge in [0.2, 0.25) is 5.95 Å². The van der Waals surface area contributed by atoms with Crippen molar-refractivity contribution in [1.82, 2.24) is 38.0 Å². The summed E-state index contributed by atoms with van der Waals surface area (Å²) >= 11 is 0. The van der Waals surface area contributed by atoms with Crippen LogP contribution in [0.25, 0.3) is 231 Å². The van der Waals surface area contributed by atoms with E-state index in [2.05, 4.69) is 460 Å². The van der Waals surface area contributed by atoms with E-state index in [4.69, 9.17) is 19.9 Å². The van der Waals surface area contributed by atoms with Crippen LogP contribution in [-0.4, -0.2) is 38.0 Å². The Morgan fingerprint density at radius 2 is 0.602 bits per heavy atom. The second kappa shape index (κ2) is 28.7. The van der Waals surface area contributed by atoms with Crippen LogP contribution in [0.3, 0.4) is 0 Å². The van der Waals surface area contributed by atoms with Crippen LogP contribution < -0.4 is 0 Å². The zero-order valence-electron chi connectivity index (χ0n) is 74.3. The van der Waals surface area contributed by atoms with Crippen molar-refractivity contribution >= 4 is 147 Å². The molecule has 0 N–H and O–H groups in total. The summed E-state index contributed by atoms with van der Waals surface area (Å²) in [5.41, 5.74) is 37.3. The third kappa shape index (κ3) is 11.1. The van der Waals surface area contributed by atoms with Crippen LogP contribution in [0.15, 0.2) is 413 Å². The molecule has 0 aliphatic heterocycles. The second-order valence-corrected chi connectivity index (χ2v) is 37.8. The van der Waals surface area contributed by atoms with Crippen molar-refractivity contribution in [1.29, 1.82) is 0 Å². The van der Waals surface area contributed by atoms with Crippen LogP contribution in [0.4, 0.5) is 0 Å². The normalized spacial score (nSPS) is 13.7.